The van der Waals surface area contributed by atoms with Gasteiger partial charge in [-0.05, 0) is 43.8 Å². The number of hydrogen-bond donors (Lipinski definition) is 0. The molecular weight excluding hydrogens is 488 g/mol. The summed E-state index contributed by atoms with van der Waals surface area (Å²) in [4.78, 5) is 8.97. The summed E-state index contributed by atoms with van der Waals surface area (Å²) in [5.41, 5.74) is 2.55. The number of hydrogen-bond acceptors (Lipinski definition) is 5. The average Bonchev–Trinajstić information content (AvgIpc) is 3.38. The number of fused-ring (bicyclic) bond motifs is 3. The van der Waals surface area contributed by atoms with Crippen molar-refractivity contribution in [1.82, 2.24) is 24.6 Å². The van der Waals surface area contributed by atoms with E-state index in [0.29, 0.717) is 12.2 Å². The number of nitrogens with zero attached hydrogens (tertiary/aromatic N) is 5. The SMILES string of the molecule is Cc1ccc2c(c1)c1c(n2CCc2noc(-c3ccc(C(F)(F)F)nc3)n2)CC(C(F)(F)F)N(C)C1. The van der Waals surface area contributed by atoms with Crippen molar-refractivity contribution in [3.63, 3.8) is 0 Å². The Labute approximate surface area is 201 Å². The molecule has 190 valence electrons. The third-order valence-corrected chi connectivity index (χ3v) is 6.47. The van der Waals surface area contributed by atoms with E-state index >= 15 is 0 Å². The molecule has 0 bridgehead atoms. The van der Waals surface area contributed by atoms with Crippen molar-refractivity contribution >= 4 is 10.9 Å². The number of halogens is 6. The quantitative estimate of drug-likeness (QED) is 0.337. The summed E-state index contributed by atoms with van der Waals surface area (Å²) < 4.78 is 86.4. The first-order valence-electron chi connectivity index (χ1n) is 11.2. The molecule has 0 saturated heterocycles. The molecule has 0 fully saturated rings. The van der Waals surface area contributed by atoms with Crippen molar-refractivity contribution in [2.75, 3.05) is 7.05 Å². The van der Waals surface area contributed by atoms with Crippen molar-refractivity contribution in [2.45, 2.75) is 51.2 Å². The van der Waals surface area contributed by atoms with Crippen LogP contribution >= 0.6 is 0 Å². The van der Waals surface area contributed by atoms with E-state index in [9.17, 15) is 26.3 Å². The molecule has 0 N–H and O–H groups in total. The minimum absolute atomic E-state index is 0.0139. The molecule has 1 aromatic carbocycles. The zero-order chi connectivity index (χ0) is 25.8. The van der Waals surface area contributed by atoms with Crippen LogP contribution in [0.15, 0.2) is 41.1 Å². The van der Waals surface area contributed by atoms with Crippen LogP contribution in [0.5, 0.6) is 0 Å². The van der Waals surface area contributed by atoms with E-state index in [0.717, 1.165) is 34.3 Å². The number of likely N-dealkylation sites (N-methyl/N-ethyl adjacent to an activating group) is 1. The van der Waals surface area contributed by atoms with Gasteiger partial charge in [0.05, 0.1) is 5.56 Å². The van der Waals surface area contributed by atoms with Crippen molar-refractivity contribution in [3.8, 4) is 11.5 Å². The molecule has 4 aromatic rings. The van der Waals surface area contributed by atoms with E-state index in [1.165, 1.54) is 18.0 Å². The summed E-state index contributed by atoms with van der Waals surface area (Å²) in [5.74, 6) is 0.299. The zero-order valence-corrected chi connectivity index (χ0v) is 19.3. The Kier molecular flexibility index (Phi) is 5.81. The van der Waals surface area contributed by atoms with Gasteiger partial charge in [0, 0.05) is 48.7 Å². The molecule has 5 rings (SSSR count). The lowest BCUT2D eigenvalue weighted by Gasteiger charge is -2.34. The molecule has 0 aliphatic carbocycles. The summed E-state index contributed by atoms with van der Waals surface area (Å²) in [6.45, 7) is 2.43. The van der Waals surface area contributed by atoms with Crippen LogP contribution < -0.4 is 0 Å². The molecule has 0 amide bonds. The highest BCUT2D eigenvalue weighted by atomic mass is 19.4. The van der Waals surface area contributed by atoms with Gasteiger partial charge in [0.25, 0.3) is 5.89 Å². The van der Waals surface area contributed by atoms with Crippen LogP contribution in [-0.4, -0.2) is 43.9 Å². The molecule has 3 aromatic heterocycles. The first-order valence-corrected chi connectivity index (χ1v) is 11.2. The predicted octanol–water partition coefficient (Wildman–Crippen LogP) is 5.58. The maximum atomic E-state index is 13.7. The number of alkyl halides is 6. The Bertz CT molecular complexity index is 1400. The molecule has 0 saturated carbocycles. The van der Waals surface area contributed by atoms with Gasteiger partial charge in [-0.15, -0.1) is 0 Å². The van der Waals surface area contributed by atoms with Crippen molar-refractivity contribution in [1.29, 1.82) is 0 Å². The van der Waals surface area contributed by atoms with Crippen LogP contribution in [0.25, 0.3) is 22.4 Å². The molecule has 1 unspecified atom stereocenters. The van der Waals surface area contributed by atoms with Crippen molar-refractivity contribution in [2.24, 2.45) is 0 Å². The highest BCUT2D eigenvalue weighted by molar-refractivity contribution is 5.86. The molecule has 6 nitrogen and oxygen atoms in total. The van der Waals surface area contributed by atoms with Gasteiger partial charge in [0.2, 0.25) is 0 Å². The molecule has 0 spiro atoms. The Morgan fingerprint density at radius 1 is 1.08 bits per heavy atom. The van der Waals surface area contributed by atoms with E-state index in [-0.39, 0.29) is 36.7 Å². The van der Waals surface area contributed by atoms with Crippen LogP contribution in [-0.2, 0) is 32.1 Å². The van der Waals surface area contributed by atoms with Gasteiger partial charge < -0.3 is 9.09 Å². The third kappa shape index (κ3) is 4.45. The summed E-state index contributed by atoms with van der Waals surface area (Å²) in [5, 5.41) is 4.82. The van der Waals surface area contributed by atoms with Gasteiger partial charge in [-0.3, -0.25) is 9.88 Å². The van der Waals surface area contributed by atoms with Crippen LogP contribution in [0.2, 0.25) is 0 Å². The molecule has 1 aliphatic heterocycles. The lowest BCUT2D eigenvalue weighted by molar-refractivity contribution is -0.183. The molecule has 0 radical (unpaired) electrons. The van der Waals surface area contributed by atoms with Gasteiger partial charge in [0.15, 0.2) is 5.82 Å². The number of pyridine rings is 1. The molecule has 36 heavy (non-hydrogen) atoms. The maximum Gasteiger partial charge on any atom is 0.433 e. The van der Waals surface area contributed by atoms with Gasteiger partial charge in [-0.25, -0.2) is 0 Å². The van der Waals surface area contributed by atoms with Crippen LogP contribution in [0, 0.1) is 6.92 Å². The van der Waals surface area contributed by atoms with Crippen LogP contribution in [0.3, 0.4) is 0 Å². The van der Waals surface area contributed by atoms with Crippen molar-refractivity contribution in [3.05, 3.63) is 64.9 Å². The normalized spacial score (nSPS) is 17.1. The fourth-order valence-electron chi connectivity index (χ4n) is 4.69. The van der Waals surface area contributed by atoms with E-state index in [1.54, 1.807) is 0 Å². The second-order valence-electron chi connectivity index (χ2n) is 8.97. The van der Waals surface area contributed by atoms with E-state index in [2.05, 4.69) is 15.1 Å². The molecule has 1 aliphatic rings. The van der Waals surface area contributed by atoms with Gasteiger partial charge in [-0.1, -0.05) is 16.8 Å². The second-order valence-corrected chi connectivity index (χ2v) is 8.97. The monoisotopic (exact) mass is 509 g/mol. The first-order chi connectivity index (χ1) is 16.9. The van der Waals surface area contributed by atoms with Crippen LogP contribution in [0.4, 0.5) is 26.3 Å². The molecule has 1 atom stereocenters. The Morgan fingerprint density at radius 2 is 1.86 bits per heavy atom. The summed E-state index contributed by atoms with van der Waals surface area (Å²) >= 11 is 0. The fraction of sp³-hybridized carbons (Fsp3) is 0.375. The standard InChI is InChI=1S/C24H21F6N5O/c1-13-3-5-17-15(9-13)16-12-34(2)20(24(28,29)30)10-18(16)35(17)8-7-21-32-22(36-33-21)14-4-6-19(31-11-14)23(25,26)27/h3-6,9,11,20H,7-8,10,12H2,1-2H3. The number of aromatic nitrogens is 4. The highest BCUT2D eigenvalue weighted by Gasteiger charge is 2.45. The van der Waals surface area contributed by atoms with Gasteiger partial charge >= 0.3 is 12.4 Å². The lowest BCUT2D eigenvalue weighted by Crippen LogP contribution is -2.47. The summed E-state index contributed by atoms with van der Waals surface area (Å²) in [7, 11) is 1.48. The topological polar surface area (TPSA) is 60.0 Å². The average molecular weight is 509 g/mol. The lowest BCUT2D eigenvalue weighted by atomic mass is 9.98. The van der Waals surface area contributed by atoms with E-state index < -0.39 is 24.1 Å². The molecule has 4 heterocycles. The van der Waals surface area contributed by atoms with Gasteiger partial charge in [-0.2, -0.15) is 31.3 Å². The minimum Gasteiger partial charge on any atom is -0.344 e. The predicted molar refractivity (Wildman–Crippen MR) is 118 cm³/mol. The number of benzene rings is 1. The Hall–Kier alpha value is -3.41. The van der Waals surface area contributed by atoms with Crippen molar-refractivity contribution < 1.29 is 30.9 Å². The summed E-state index contributed by atoms with van der Waals surface area (Å²) in [6.07, 6.45) is -7.82. The number of aryl methyl sites for hydroxylation is 3. The first kappa shape index (κ1) is 24.3. The Morgan fingerprint density at radius 3 is 2.53 bits per heavy atom. The Balaban J connectivity index is 1.43. The smallest absolute Gasteiger partial charge is 0.344 e. The van der Waals surface area contributed by atoms with E-state index in [4.69, 9.17) is 4.52 Å². The second kappa shape index (κ2) is 8.61. The minimum atomic E-state index is -4.56. The van der Waals surface area contributed by atoms with E-state index in [1.807, 2.05) is 29.7 Å². The highest BCUT2D eigenvalue weighted by Crippen LogP contribution is 2.38. The maximum absolute atomic E-state index is 13.7. The largest absolute Gasteiger partial charge is 0.433 e. The number of rotatable bonds is 4. The van der Waals surface area contributed by atoms with Gasteiger partial charge in [0.1, 0.15) is 11.7 Å². The molecular formula is C24H21F6N5O. The summed E-state index contributed by atoms with van der Waals surface area (Å²) in [6, 6.07) is 6.24. The fourth-order valence-corrected chi connectivity index (χ4v) is 4.69. The van der Waals surface area contributed by atoms with Crippen LogP contribution in [0.1, 0.15) is 28.3 Å². The third-order valence-electron chi connectivity index (χ3n) is 6.47. The molecule has 12 heteroatoms. The zero-order valence-electron chi connectivity index (χ0n) is 19.3.